The summed E-state index contributed by atoms with van der Waals surface area (Å²) in [5.41, 5.74) is 2.02. The normalized spacial score (nSPS) is 19.8. The summed E-state index contributed by atoms with van der Waals surface area (Å²) in [5.74, 6) is 1.68. The van der Waals surface area contributed by atoms with Crippen LogP contribution >= 0.6 is 23.4 Å². The van der Waals surface area contributed by atoms with Gasteiger partial charge in [-0.1, -0.05) is 23.7 Å². The second-order valence-corrected chi connectivity index (χ2v) is 8.56. The van der Waals surface area contributed by atoms with Gasteiger partial charge in [0, 0.05) is 35.8 Å². The third kappa shape index (κ3) is 4.85. The van der Waals surface area contributed by atoms with Crippen molar-refractivity contribution in [1.82, 2.24) is 0 Å². The molecule has 2 aromatic rings. The molecule has 0 aromatic heterocycles. The second-order valence-electron chi connectivity index (χ2n) is 6.90. The van der Waals surface area contributed by atoms with Crippen molar-refractivity contribution < 1.29 is 13.9 Å². The monoisotopic (exact) mass is 433 g/mol. The van der Waals surface area contributed by atoms with Crippen LogP contribution in [-0.4, -0.2) is 56.1 Å². The molecule has 2 aliphatic rings. The van der Waals surface area contributed by atoms with E-state index in [1.165, 1.54) is 11.0 Å². The SMILES string of the molecule is O=C1O[C@@H](C/N=C/c2ccc(Cl)cc2)CN1c1ccc(N2CCSCC2)c(F)c1. The molecule has 0 N–H and O–H groups in total. The molecule has 1 amide bonds. The van der Waals surface area contributed by atoms with Crippen LogP contribution in [0.5, 0.6) is 0 Å². The van der Waals surface area contributed by atoms with Crippen LogP contribution in [0.4, 0.5) is 20.6 Å². The van der Waals surface area contributed by atoms with Crippen molar-refractivity contribution in [1.29, 1.82) is 0 Å². The number of amides is 1. The third-order valence-electron chi connectivity index (χ3n) is 4.89. The van der Waals surface area contributed by atoms with Crippen LogP contribution in [-0.2, 0) is 4.74 Å². The summed E-state index contributed by atoms with van der Waals surface area (Å²) in [6, 6.07) is 12.3. The van der Waals surface area contributed by atoms with Crippen molar-refractivity contribution in [2.75, 3.05) is 47.5 Å². The molecule has 1 atom stereocenters. The second kappa shape index (κ2) is 9.05. The van der Waals surface area contributed by atoms with Gasteiger partial charge in [-0.3, -0.25) is 9.89 Å². The van der Waals surface area contributed by atoms with Crippen molar-refractivity contribution in [2.24, 2.45) is 4.99 Å². The third-order valence-corrected chi connectivity index (χ3v) is 6.08. The molecule has 2 heterocycles. The van der Waals surface area contributed by atoms with Crippen molar-refractivity contribution >= 4 is 47.0 Å². The molecule has 0 spiro atoms. The molecular weight excluding hydrogens is 413 g/mol. The summed E-state index contributed by atoms with van der Waals surface area (Å²) >= 11 is 7.74. The zero-order chi connectivity index (χ0) is 20.2. The number of thioether (sulfide) groups is 1. The van der Waals surface area contributed by atoms with Gasteiger partial charge in [-0.2, -0.15) is 11.8 Å². The number of ether oxygens (including phenoxy) is 1. The molecule has 4 rings (SSSR count). The fourth-order valence-electron chi connectivity index (χ4n) is 3.38. The van der Waals surface area contributed by atoms with E-state index in [0.717, 1.165) is 30.2 Å². The first kappa shape index (κ1) is 20.0. The summed E-state index contributed by atoms with van der Waals surface area (Å²) < 4.78 is 20.1. The van der Waals surface area contributed by atoms with E-state index in [-0.39, 0.29) is 11.9 Å². The maximum Gasteiger partial charge on any atom is 0.414 e. The highest BCUT2D eigenvalue weighted by atomic mass is 35.5. The topological polar surface area (TPSA) is 45.1 Å². The summed E-state index contributed by atoms with van der Waals surface area (Å²) in [7, 11) is 0. The van der Waals surface area contributed by atoms with Gasteiger partial charge in [0.1, 0.15) is 11.9 Å². The molecule has 8 heteroatoms. The van der Waals surface area contributed by atoms with Crippen LogP contribution < -0.4 is 9.80 Å². The van der Waals surface area contributed by atoms with Gasteiger partial charge in [0.2, 0.25) is 0 Å². The van der Waals surface area contributed by atoms with Gasteiger partial charge in [-0.05, 0) is 35.9 Å². The highest BCUT2D eigenvalue weighted by molar-refractivity contribution is 7.99. The molecule has 152 valence electrons. The van der Waals surface area contributed by atoms with Crippen LogP contribution in [0.2, 0.25) is 5.02 Å². The first-order chi connectivity index (χ1) is 14.1. The van der Waals surface area contributed by atoms with Gasteiger partial charge in [0.25, 0.3) is 0 Å². The van der Waals surface area contributed by atoms with Crippen LogP contribution in [0.1, 0.15) is 5.56 Å². The largest absolute Gasteiger partial charge is 0.442 e. The Balaban J connectivity index is 1.38. The number of halogens is 2. The minimum Gasteiger partial charge on any atom is -0.442 e. The molecule has 0 saturated carbocycles. The first-order valence-electron chi connectivity index (χ1n) is 9.46. The highest BCUT2D eigenvalue weighted by Gasteiger charge is 2.32. The van der Waals surface area contributed by atoms with E-state index in [4.69, 9.17) is 16.3 Å². The Morgan fingerprint density at radius 2 is 1.97 bits per heavy atom. The number of cyclic esters (lactones) is 1. The maximum atomic E-state index is 14.7. The van der Waals surface area contributed by atoms with Crippen molar-refractivity contribution in [3.63, 3.8) is 0 Å². The molecule has 5 nitrogen and oxygen atoms in total. The number of hydrogen-bond donors (Lipinski definition) is 0. The Hall–Kier alpha value is -2.25. The van der Waals surface area contributed by atoms with Gasteiger partial charge in [0.15, 0.2) is 0 Å². The van der Waals surface area contributed by atoms with Gasteiger partial charge >= 0.3 is 6.09 Å². The average Bonchev–Trinajstić information content (AvgIpc) is 3.10. The lowest BCUT2D eigenvalue weighted by Gasteiger charge is -2.29. The summed E-state index contributed by atoms with van der Waals surface area (Å²) in [5, 5.41) is 0.667. The van der Waals surface area contributed by atoms with Crippen LogP contribution in [0, 0.1) is 5.82 Å². The Kier molecular flexibility index (Phi) is 6.25. The van der Waals surface area contributed by atoms with Crippen LogP contribution in [0.15, 0.2) is 47.5 Å². The van der Waals surface area contributed by atoms with Crippen LogP contribution in [0.25, 0.3) is 0 Å². The van der Waals surface area contributed by atoms with E-state index in [0.29, 0.717) is 29.5 Å². The zero-order valence-electron chi connectivity index (χ0n) is 15.8. The Bertz CT molecular complexity index is 903. The molecule has 2 saturated heterocycles. The molecule has 0 bridgehead atoms. The first-order valence-corrected chi connectivity index (χ1v) is 11.0. The van der Waals surface area contributed by atoms with Crippen molar-refractivity contribution in [3.8, 4) is 0 Å². The fraction of sp³-hybridized carbons (Fsp3) is 0.333. The minimum absolute atomic E-state index is 0.314. The Morgan fingerprint density at radius 1 is 1.21 bits per heavy atom. The summed E-state index contributed by atoms with van der Waals surface area (Å²) in [6.45, 7) is 2.35. The number of rotatable bonds is 5. The maximum absolute atomic E-state index is 14.7. The lowest BCUT2D eigenvalue weighted by atomic mass is 10.2. The van der Waals surface area contributed by atoms with E-state index in [9.17, 15) is 9.18 Å². The molecular formula is C21H21ClFN3O2S. The number of carbonyl (C=O) groups excluding carboxylic acids is 1. The van der Waals surface area contributed by atoms with E-state index >= 15 is 0 Å². The van der Waals surface area contributed by atoms with Gasteiger partial charge in [-0.15, -0.1) is 0 Å². The predicted octanol–water partition coefficient (Wildman–Crippen LogP) is 4.48. The quantitative estimate of drug-likeness (QED) is 0.652. The standard InChI is InChI=1S/C21H21ClFN3O2S/c22-16-3-1-15(2-4-16)12-24-13-18-14-26(21(27)28-18)17-5-6-20(19(23)11-17)25-7-9-29-10-8-25/h1-6,11-12,18H,7-10,13-14H2/b24-12+/t18-/m0/s1. The Morgan fingerprint density at radius 3 is 2.69 bits per heavy atom. The van der Waals surface area contributed by atoms with E-state index < -0.39 is 6.09 Å². The lowest BCUT2D eigenvalue weighted by molar-refractivity contribution is 0.145. The average molecular weight is 434 g/mol. The fourth-order valence-corrected chi connectivity index (χ4v) is 4.41. The van der Waals surface area contributed by atoms with E-state index in [1.54, 1.807) is 30.5 Å². The predicted molar refractivity (Wildman–Crippen MR) is 117 cm³/mol. The number of carbonyl (C=O) groups is 1. The Labute approximate surface area is 178 Å². The van der Waals surface area contributed by atoms with Gasteiger partial charge < -0.3 is 9.64 Å². The number of benzene rings is 2. The molecule has 0 radical (unpaired) electrons. The van der Waals surface area contributed by atoms with E-state index in [1.807, 2.05) is 28.8 Å². The minimum atomic E-state index is -0.474. The molecule has 2 aromatic carbocycles. The molecule has 29 heavy (non-hydrogen) atoms. The number of hydrogen-bond acceptors (Lipinski definition) is 5. The highest BCUT2D eigenvalue weighted by Crippen LogP contribution is 2.29. The zero-order valence-corrected chi connectivity index (χ0v) is 17.3. The lowest BCUT2D eigenvalue weighted by Crippen LogP contribution is -2.33. The smallest absolute Gasteiger partial charge is 0.414 e. The van der Waals surface area contributed by atoms with Gasteiger partial charge in [0.05, 0.1) is 24.5 Å². The molecule has 2 fully saturated rings. The van der Waals surface area contributed by atoms with Gasteiger partial charge in [-0.25, -0.2) is 9.18 Å². The summed E-state index contributed by atoms with van der Waals surface area (Å²) in [6.07, 6.45) is 0.879. The van der Waals surface area contributed by atoms with Crippen LogP contribution in [0.3, 0.4) is 0 Å². The molecule has 2 aliphatic heterocycles. The number of anilines is 2. The molecule has 0 aliphatic carbocycles. The number of nitrogens with zero attached hydrogens (tertiary/aromatic N) is 3. The summed E-state index contributed by atoms with van der Waals surface area (Å²) in [4.78, 5) is 20.1. The molecule has 0 unspecified atom stereocenters. The van der Waals surface area contributed by atoms with Crippen molar-refractivity contribution in [3.05, 3.63) is 58.9 Å². The van der Waals surface area contributed by atoms with Crippen molar-refractivity contribution in [2.45, 2.75) is 6.10 Å². The number of aliphatic imine (C=N–C) groups is 1. The van der Waals surface area contributed by atoms with E-state index in [2.05, 4.69) is 4.99 Å².